The monoisotopic (exact) mass is 310 g/mol. The zero-order valence-corrected chi connectivity index (χ0v) is 12.3. The van der Waals surface area contributed by atoms with Crippen molar-refractivity contribution < 1.29 is 18.3 Å². The number of carboxylic acid groups (broad SMARTS) is 1. The molecular weight excluding hydrogens is 296 g/mol. The van der Waals surface area contributed by atoms with Gasteiger partial charge in [0.2, 0.25) is 0 Å². The lowest BCUT2D eigenvalue weighted by Gasteiger charge is -2.01. The molecule has 0 saturated carbocycles. The van der Waals surface area contributed by atoms with Crippen LogP contribution in [0, 0.1) is 6.92 Å². The number of aryl methyl sites for hydroxylation is 2. The molecule has 0 unspecified atom stereocenters. The van der Waals surface area contributed by atoms with Gasteiger partial charge in [-0.25, -0.2) is 13.2 Å². The van der Waals surface area contributed by atoms with Crippen LogP contribution in [0.4, 0.5) is 0 Å². The highest BCUT2D eigenvalue weighted by molar-refractivity contribution is 7.90. The number of nitrogens with zero attached hydrogens (tertiary/aromatic N) is 4. The molecule has 9 heteroatoms. The molecule has 0 aliphatic heterocycles. The van der Waals surface area contributed by atoms with E-state index in [-0.39, 0.29) is 23.6 Å². The van der Waals surface area contributed by atoms with Gasteiger partial charge in [0.25, 0.3) is 0 Å². The van der Waals surface area contributed by atoms with Crippen molar-refractivity contribution in [2.45, 2.75) is 13.5 Å². The van der Waals surface area contributed by atoms with E-state index in [1.807, 2.05) is 0 Å². The number of sulfone groups is 1. The predicted octanol–water partition coefficient (Wildman–Crippen LogP) is 0.391. The number of hydrogen-bond donors (Lipinski definition) is 1. The second-order valence-corrected chi connectivity index (χ2v) is 6.84. The third-order valence-electron chi connectivity index (χ3n) is 2.79. The van der Waals surface area contributed by atoms with E-state index in [1.165, 1.54) is 23.3 Å². The van der Waals surface area contributed by atoms with E-state index in [2.05, 4.69) is 15.1 Å². The molecule has 8 nitrogen and oxygen atoms in total. The van der Waals surface area contributed by atoms with Gasteiger partial charge >= 0.3 is 5.97 Å². The molecule has 0 aliphatic rings. The Balaban J connectivity index is 2.44. The Hall–Kier alpha value is -2.29. The number of aromatic nitrogens is 4. The van der Waals surface area contributed by atoms with E-state index in [4.69, 9.17) is 0 Å². The first-order valence-electron chi connectivity index (χ1n) is 6.04. The van der Waals surface area contributed by atoms with E-state index in [9.17, 15) is 18.3 Å². The van der Waals surface area contributed by atoms with Crippen molar-refractivity contribution in [3.63, 3.8) is 0 Å². The van der Waals surface area contributed by atoms with Crippen molar-refractivity contribution in [1.29, 1.82) is 0 Å². The fourth-order valence-electron chi connectivity index (χ4n) is 1.77. The number of aromatic carboxylic acids is 1. The fraction of sp³-hybridized carbons (Fsp3) is 0.333. The molecule has 1 N–H and O–H groups in total. The first kappa shape index (κ1) is 15.1. The van der Waals surface area contributed by atoms with Crippen molar-refractivity contribution in [1.82, 2.24) is 19.7 Å². The molecule has 2 rings (SSSR count). The summed E-state index contributed by atoms with van der Waals surface area (Å²) in [6.45, 7) is 1.78. The highest BCUT2D eigenvalue weighted by Gasteiger charge is 2.20. The van der Waals surface area contributed by atoms with Gasteiger partial charge in [-0.3, -0.25) is 14.6 Å². The van der Waals surface area contributed by atoms with Crippen LogP contribution in [0.15, 0.2) is 18.6 Å². The molecule has 0 bridgehead atoms. The average Bonchev–Trinajstić information content (AvgIpc) is 2.80. The van der Waals surface area contributed by atoms with Gasteiger partial charge in [-0.05, 0) is 6.92 Å². The van der Waals surface area contributed by atoms with Crippen LogP contribution >= 0.6 is 0 Å². The summed E-state index contributed by atoms with van der Waals surface area (Å²) in [7, 11) is -3.16. The van der Waals surface area contributed by atoms with Gasteiger partial charge in [0.15, 0.2) is 0 Å². The van der Waals surface area contributed by atoms with E-state index in [0.717, 1.165) is 6.26 Å². The van der Waals surface area contributed by atoms with Crippen LogP contribution in [0.3, 0.4) is 0 Å². The zero-order chi connectivity index (χ0) is 15.6. The van der Waals surface area contributed by atoms with Crippen LogP contribution in [0.25, 0.3) is 11.4 Å². The molecule has 0 fully saturated rings. The highest BCUT2D eigenvalue weighted by atomic mass is 32.2. The quantitative estimate of drug-likeness (QED) is 0.849. The topological polar surface area (TPSA) is 115 Å². The maximum atomic E-state index is 11.3. The van der Waals surface area contributed by atoms with Crippen LogP contribution in [0.5, 0.6) is 0 Å². The summed E-state index contributed by atoms with van der Waals surface area (Å²) in [6, 6.07) is 0. The molecule has 0 radical (unpaired) electrons. The molecule has 0 atom stereocenters. The minimum Gasteiger partial charge on any atom is -0.478 e. The maximum absolute atomic E-state index is 11.3. The Labute approximate surface area is 121 Å². The van der Waals surface area contributed by atoms with E-state index in [0.29, 0.717) is 11.4 Å². The summed E-state index contributed by atoms with van der Waals surface area (Å²) >= 11 is 0. The smallest absolute Gasteiger partial charge is 0.339 e. The van der Waals surface area contributed by atoms with Crippen molar-refractivity contribution in [3.8, 4) is 11.4 Å². The van der Waals surface area contributed by atoms with E-state index in [1.54, 1.807) is 6.92 Å². The van der Waals surface area contributed by atoms with Gasteiger partial charge in [0.05, 0.1) is 18.0 Å². The highest BCUT2D eigenvalue weighted by Crippen LogP contribution is 2.22. The molecule has 0 saturated heterocycles. The van der Waals surface area contributed by atoms with Crippen molar-refractivity contribution in [2.24, 2.45) is 0 Å². The minimum absolute atomic E-state index is 0.0351. The van der Waals surface area contributed by atoms with Gasteiger partial charge in [-0.2, -0.15) is 5.10 Å². The minimum atomic E-state index is -3.16. The largest absolute Gasteiger partial charge is 0.478 e. The van der Waals surface area contributed by atoms with Gasteiger partial charge in [0, 0.05) is 24.8 Å². The Bertz CT molecular complexity index is 782. The summed E-state index contributed by atoms with van der Waals surface area (Å²) in [6.07, 6.45) is 5.36. The molecule has 0 amide bonds. The molecule has 2 aromatic heterocycles. The van der Waals surface area contributed by atoms with Crippen molar-refractivity contribution in [3.05, 3.63) is 29.8 Å². The average molecular weight is 310 g/mol. The van der Waals surface area contributed by atoms with E-state index >= 15 is 0 Å². The lowest BCUT2D eigenvalue weighted by molar-refractivity contribution is 0.0697. The Morgan fingerprint density at radius 2 is 1.95 bits per heavy atom. The molecule has 0 aliphatic carbocycles. The molecule has 0 spiro atoms. The van der Waals surface area contributed by atoms with Crippen molar-refractivity contribution >= 4 is 15.8 Å². The van der Waals surface area contributed by atoms with Crippen LogP contribution in [-0.4, -0.2) is 51.3 Å². The third-order valence-corrected chi connectivity index (χ3v) is 3.71. The first-order valence-corrected chi connectivity index (χ1v) is 8.10. The third kappa shape index (κ3) is 3.63. The fourth-order valence-corrected chi connectivity index (χ4v) is 2.29. The van der Waals surface area contributed by atoms with Gasteiger partial charge in [0.1, 0.15) is 26.8 Å². The van der Waals surface area contributed by atoms with Gasteiger partial charge < -0.3 is 5.11 Å². The summed E-state index contributed by atoms with van der Waals surface area (Å²) in [4.78, 5) is 19.4. The Morgan fingerprint density at radius 1 is 1.29 bits per heavy atom. The summed E-state index contributed by atoms with van der Waals surface area (Å²) in [5.41, 5.74) is 1.06. The first-order chi connectivity index (χ1) is 9.78. The Kier molecular flexibility index (Phi) is 4.03. The molecule has 21 heavy (non-hydrogen) atoms. The molecule has 2 heterocycles. The van der Waals surface area contributed by atoms with Crippen LogP contribution < -0.4 is 0 Å². The summed E-state index contributed by atoms with van der Waals surface area (Å²) in [5, 5.41) is 13.4. The standard InChI is InChI=1S/C12H14N4O4S/c1-8-10(14-4-3-13-8)11-9(12(17)18)7-16(15-11)5-6-21(2,19)20/h3-4,7H,5-6H2,1-2H3,(H,17,18). The van der Waals surface area contributed by atoms with Gasteiger partial charge in [-0.15, -0.1) is 0 Å². The second-order valence-electron chi connectivity index (χ2n) is 4.58. The molecule has 2 aromatic rings. The number of rotatable bonds is 5. The number of carbonyl (C=O) groups is 1. The normalized spacial score (nSPS) is 11.5. The Morgan fingerprint density at radius 3 is 2.52 bits per heavy atom. The van der Waals surface area contributed by atoms with E-state index < -0.39 is 15.8 Å². The van der Waals surface area contributed by atoms with Crippen molar-refractivity contribution in [2.75, 3.05) is 12.0 Å². The predicted molar refractivity (Wildman–Crippen MR) is 74.7 cm³/mol. The van der Waals surface area contributed by atoms with Crippen LogP contribution in [0.2, 0.25) is 0 Å². The summed E-state index contributed by atoms with van der Waals surface area (Å²) < 4.78 is 23.6. The molecular formula is C12H14N4O4S. The molecule has 112 valence electrons. The lowest BCUT2D eigenvalue weighted by atomic mass is 10.1. The van der Waals surface area contributed by atoms with Gasteiger partial charge in [-0.1, -0.05) is 0 Å². The maximum Gasteiger partial charge on any atom is 0.339 e. The van der Waals surface area contributed by atoms with Crippen LogP contribution in [0.1, 0.15) is 16.1 Å². The second kappa shape index (κ2) is 5.60. The number of hydrogen-bond acceptors (Lipinski definition) is 6. The zero-order valence-electron chi connectivity index (χ0n) is 11.5. The lowest BCUT2D eigenvalue weighted by Crippen LogP contribution is -2.11. The number of carboxylic acids is 1. The molecule has 0 aromatic carbocycles. The SMILES string of the molecule is Cc1nccnc1-c1nn(CCS(C)(=O)=O)cc1C(=O)O. The summed E-state index contributed by atoms with van der Waals surface area (Å²) in [5.74, 6) is -1.27. The van der Waals surface area contributed by atoms with Crippen LogP contribution in [-0.2, 0) is 16.4 Å².